The average molecular weight is 363 g/mol. The third kappa shape index (κ3) is 3.54. The van der Waals surface area contributed by atoms with Crippen molar-refractivity contribution in [2.45, 2.75) is 11.8 Å². The van der Waals surface area contributed by atoms with Crippen molar-refractivity contribution >= 4 is 27.7 Å². The summed E-state index contributed by atoms with van der Waals surface area (Å²) < 4.78 is 36.8. The van der Waals surface area contributed by atoms with E-state index < -0.39 is 16.1 Å². The van der Waals surface area contributed by atoms with Gasteiger partial charge < -0.3 is 14.4 Å². The molecule has 1 amide bonds. The zero-order valence-corrected chi connectivity index (χ0v) is 14.8. The first kappa shape index (κ1) is 17.8. The molecule has 1 fully saturated rings. The Morgan fingerprint density at radius 2 is 1.78 bits per heavy atom. The first-order chi connectivity index (χ1) is 10.8. The molecule has 1 aromatic rings. The van der Waals surface area contributed by atoms with Crippen molar-refractivity contribution in [3.8, 4) is 5.75 Å². The van der Waals surface area contributed by atoms with Crippen molar-refractivity contribution in [3.63, 3.8) is 0 Å². The normalized spacial score (nSPS) is 16.3. The van der Waals surface area contributed by atoms with E-state index in [2.05, 4.69) is 4.74 Å². The Kier molecular flexibility index (Phi) is 5.38. The smallest absolute Gasteiger partial charge is 0.409 e. The molecule has 0 saturated carbocycles. The standard InChI is InChI=1S/C14H19ClN2O5S/c1-10-8-12(21-2)13(9-11(10)15)23(19,20)17-6-4-16(5-7-17)14(18)22-3/h8-9H,4-7H2,1-3H3. The lowest BCUT2D eigenvalue weighted by molar-refractivity contribution is 0.108. The molecule has 0 N–H and O–H groups in total. The van der Waals surface area contributed by atoms with Gasteiger partial charge in [0.2, 0.25) is 10.0 Å². The fourth-order valence-corrected chi connectivity index (χ4v) is 4.19. The van der Waals surface area contributed by atoms with Crippen LogP contribution in [-0.4, -0.2) is 64.1 Å². The second-order valence-electron chi connectivity index (χ2n) is 5.11. The monoisotopic (exact) mass is 362 g/mol. The van der Waals surface area contributed by atoms with E-state index in [0.29, 0.717) is 5.02 Å². The number of piperazine rings is 1. The molecular weight excluding hydrogens is 344 g/mol. The lowest BCUT2D eigenvalue weighted by Crippen LogP contribution is -2.50. The number of carbonyl (C=O) groups excluding carboxylic acids is 1. The lowest BCUT2D eigenvalue weighted by Gasteiger charge is -2.33. The number of amides is 1. The van der Waals surface area contributed by atoms with Gasteiger partial charge in [0, 0.05) is 31.2 Å². The third-order valence-electron chi connectivity index (χ3n) is 3.73. The molecule has 0 aliphatic carbocycles. The van der Waals surface area contributed by atoms with E-state index in [1.807, 2.05) is 0 Å². The highest BCUT2D eigenvalue weighted by molar-refractivity contribution is 7.89. The van der Waals surface area contributed by atoms with Gasteiger partial charge in [-0.25, -0.2) is 13.2 Å². The molecule has 0 bridgehead atoms. The van der Waals surface area contributed by atoms with Crippen LogP contribution >= 0.6 is 11.6 Å². The molecule has 1 aromatic carbocycles. The fourth-order valence-electron chi connectivity index (χ4n) is 2.38. The number of rotatable bonds is 3. The Bertz CT molecular complexity index is 699. The van der Waals surface area contributed by atoms with Gasteiger partial charge in [0.05, 0.1) is 14.2 Å². The summed E-state index contributed by atoms with van der Waals surface area (Å²) in [6, 6.07) is 3.00. The number of hydrogen-bond donors (Lipinski definition) is 0. The SMILES string of the molecule is COC(=O)N1CCN(S(=O)(=O)c2cc(Cl)c(C)cc2OC)CC1. The number of carbonyl (C=O) groups is 1. The first-order valence-corrected chi connectivity index (χ1v) is 8.80. The van der Waals surface area contributed by atoms with Crippen LogP contribution in [-0.2, 0) is 14.8 Å². The van der Waals surface area contributed by atoms with Crippen LogP contribution in [0.5, 0.6) is 5.75 Å². The van der Waals surface area contributed by atoms with E-state index in [0.717, 1.165) is 5.56 Å². The first-order valence-electron chi connectivity index (χ1n) is 6.98. The summed E-state index contributed by atoms with van der Waals surface area (Å²) in [6.45, 7) is 2.69. The maximum atomic E-state index is 12.8. The molecule has 0 atom stereocenters. The minimum absolute atomic E-state index is 0.0297. The second kappa shape index (κ2) is 6.94. The summed E-state index contributed by atoms with van der Waals surface area (Å²) in [4.78, 5) is 13.0. The largest absolute Gasteiger partial charge is 0.495 e. The summed E-state index contributed by atoms with van der Waals surface area (Å²) >= 11 is 6.06. The number of methoxy groups -OCH3 is 2. The van der Waals surface area contributed by atoms with Crippen LogP contribution < -0.4 is 4.74 Å². The molecule has 1 saturated heterocycles. The Labute approximate surface area is 140 Å². The maximum absolute atomic E-state index is 12.8. The summed E-state index contributed by atoms with van der Waals surface area (Å²) in [5.74, 6) is 0.252. The summed E-state index contributed by atoms with van der Waals surface area (Å²) in [5.41, 5.74) is 0.734. The van der Waals surface area contributed by atoms with Gasteiger partial charge in [-0.3, -0.25) is 0 Å². The molecule has 128 valence electrons. The van der Waals surface area contributed by atoms with E-state index in [4.69, 9.17) is 16.3 Å². The molecule has 1 aliphatic heterocycles. The van der Waals surface area contributed by atoms with Crippen LogP contribution in [0.1, 0.15) is 5.56 Å². The van der Waals surface area contributed by atoms with Crippen molar-refractivity contribution in [3.05, 3.63) is 22.7 Å². The Morgan fingerprint density at radius 1 is 1.17 bits per heavy atom. The van der Waals surface area contributed by atoms with E-state index in [1.165, 1.54) is 29.5 Å². The van der Waals surface area contributed by atoms with Crippen molar-refractivity contribution < 1.29 is 22.7 Å². The van der Waals surface area contributed by atoms with Crippen LogP contribution in [0.25, 0.3) is 0 Å². The van der Waals surface area contributed by atoms with Crippen molar-refractivity contribution in [1.82, 2.24) is 9.21 Å². The number of nitrogens with zero attached hydrogens (tertiary/aromatic N) is 2. The van der Waals surface area contributed by atoms with Gasteiger partial charge in [0.25, 0.3) is 0 Å². The summed E-state index contributed by atoms with van der Waals surface area (Å²) in [5, 5.41) is 0.359. The van der Waals surface area contributed by atoms with E-state index in [1.54, 1.807) is 13.0 Å². The topological polar surface area (TPSA) is 76.2 Å². The van der Waals surface area contributed by atoms with Gasteiger partial charge in [0.15, 0.2) is 0 Å². The fraction of sp³-hybridized carbons (Fsp3) is 0.500. The zero-order valence-electron chi connectivity index (χ0n) is 13.2. The number of halogens is 1. The highest BCUT2D eigenvalue weighted by atomic mass is 35.5. The summed E-state index contributed by atoms with van der Waals surface area (Å²) in [7, 11) is -1.04. The molecule has 0 unspecified atom stereocenters. The molecule has 23 heavy (non-hydrogen) atoms. The van der Waals surface area contributed by atoms with Crippen molar-refractivity contribution in [2.24, 2.45) is 0 Å². The average Bonchev–Trinajstić information content (AvgIpc) is 2.56. The molecular formula is C14H19ClN2O5S. The molecule has 1 aliphatic rings. The number of sulfonamides is 1. The van der Waals surface area contributed by atoms with Gasteiger partial charge >= 0.3 is 6.09 Å². The van der Waals surface area contributed by atoms with Crippen LogP contribution in [0, 0.1) is 6.92 Å². The molecule has 0 spiro atoms. The van der Waals surface area contributed by atoms with E-state index in [-0.39, 0.29) is 36.8 Å². The number of ether oxygens (including phenoxy) is 2. The molecule has 2 rings (SSSR count). The van der Waals surface area contributed by atoms with Gasteiger partial charge in [-0.15, -0.1) is 0 Å². The Morgan fingerprint density at radius 3 is 2.30 bits per heavy atom. The predicted molar refractivity (Wildman–Crippen MR) is 85.5 cm³/mol. The maximum Gasteiger partial charge on any atom is 0.409 e. The highest BCUT2D eigenvalue weighted by Gasteiger charge is 2.32. The van der Waals surface area contributed by atoms with Gasteiger partial charge in [-0.05, 0) is 24.6 Å². The van der Waals surface area contributed by atoms with Crippen LogP contribution in [0.3, 0.4) is 0 Å². The third-order valence-corrected chi connectivity index (χ3v) is 6.06. The van der Waals surface area contributed by atoms with Crippen LogP contribution in [0.15, 0.2) is 17.0 Å². The Balaban J connectivity index is 2.27. The number of aryl methyl sites for hydroxylation is 1. The van der Waals surface area contributed by atoms with Crippen LogP contribution in [0.4, 0.5) is 4.79 Å². The molecule has 0 radical (unpaired) electrons. The van der Waals surface area contributed by atoms with Gasteiger partial charge in [-0.1, -0.05) is 11.6 Å². The van der Waals surface area contributed by atoms with Gasteiger partial charge in [-0.2, -0.15) is 4.31 Å². The predicted octanol–water partition coefficient (Wildman–Crippen LogP) is 1.73. The van der Waals surface area contributed by atoms with Crippen molar-refractivity contribution in [1.29, 1.82) is 0 Å². The molecule has 7 nitrogen and oxygen atoms in total. The molecule has 9 heteroatoms. The van der Waals surface area contributed by atoms with Gasteiger partial charge in [0.1, 0.15) is 10.6 Å². The second-order valence-corrected chi connectivity index (χ2v) is 7.43. The quantitative estimate of drug-likeness (QED) is 0.818. The lowest BCUT2D eigenvalue weighted by atomic mass is 10.2. The number of hydrogen-bond acceptors (Lipinski definition) is 5. The minimum Gasteiger partial charge on any atom is -0.495 e. The number of benzene rings is 1. The van der Waals surface area contributed by atoms with Crippen molar-refractivity contribution in [2.75, 3.05) is 40.4 Å². The van der Waals surface area contributed by atoms with E-state index >= 15 is 0 Å². The Hall–Kier alpha value is -1.51. The zero-order chi connectivity index (χ0) is 17.2. The molecule has 0 aromatic heterocycles. The minimum atomic E-state index is -3.75. The highest BCUT2D eigenvalue weighted by Crippen LogP contribution is 2.32. The van der Waals surface area contributed by atoms with Crippen LogP contribution in [0.2, 0.25) is 5.02 Å². The summed E-state index contributed by atoms with van der Waals surface area (Å²) in [6.07, 6.45) is -0.460. The van der Waals surface area contributed by atoms with E-state index in [9.17, 15) is 13.2 Å². The molecule has 1 heterocycles.